The van der Waals surface area contributed by atoms with Gasteiger partial charge in [-0.15, -0.1) is 0 Å². The van der Waals surface area contributed by atoms with E-state index >= 15 is 0 Å². The van der Waals surface area contributed by atoms with Gasteiger partial charge in [0.2, 0.25) is 5.43 Å². The second-order valence-electron chi connectivity index (χ2n) is 6.34. The van der Waals surface area contributed by atoms with Crippen LogP contribution in [-0.2, 0) is 48.8 Å². The van der Waals surface area contributed by atoms with Crippen LogP contribution in [0.1, 0.15) is 32.7 Å². The predicted octanol–water partition coefficient (Wildman–Crippen LogP) is 2.63. The summed E-state index contributed by atoms with van der Waals surface area (Å²) >= 11 is 0. The smallest absolute Gasteiger partial charge is 0.341 e. The maximum absolute atomic E-state index is 13.1. The molecule has 3 rings (SSSR count). The molecule has 151 valence electrons. The Labute approximate surface area is 195 Å². The molecule has 1 N–H and O–H groups in total. The molecule has 0 aliphatic heterocycles. The molecule has 7 nitrogen and oxygen atoms in total. The van der Waals surface area contributed by atoms with E-state index in [2.05, 4.69) is 4.74 Å². The number of halogens is 1. The van der Waals surface area contributed by atoms with Crippen molar-refractivity contribution in [3.8, 4) is 0 Å². The van der Waals surface area contributed by atoms with Crippen molar-refractivity contribution in [2.75, 3.05) is 7.11 Å². The van der Waals surface area contributed by atoms with Gasteiger partial charge in [-0.3, -0.25) is 14.4 Å². The maximum Gasteiger partial charge on any atom is 0.341 e. The van der Waals surface area contributed by atoms with E-state index in [4.69, 9.17) is 0 Å². The van der Waals surface area contributed by atoms with E-state index in [-0.39, 0.29) is 50.2 Å². The molecule has 1 aromatic heterocycles. The average Bonchev–Trinajstić information content (AvgIpc) is 2.70. The zero-order valence-corrected chi connectivity index (χ0v) is 18.8. The van der Waals surface area contributed by atoms with E-state index < -0.39 is 41.0 Å². The minimum Gasteiger partial charge on any atom is -0.477 e. The third-order valence-electron chi connectivity index (χ3n) is 4.43. The quantitative estimate of drug-likeness (QED) is 0.327. The Bertz CT molecular complexity index is 1190. The number of methoxy groups -OCH3 is 1. The number of carboxylic acids is 1. The number of aromatic carboxylic acids is 1. The Kier molecular flexibility index (Phi) is 7.75. The number of Topliss-reactive ketones (excluding diaryl/α,β-unsaturated/α-hetero) is 1. The molecule has 0 spiro atoms. The summed E-state index contributed by atoms with van der Waals surface area (Å²) in [7, 11) is 1.16. The van der Waals surface area contributed by atoms with E-state index in [1.165, 1.54) is 36.5 Å². The second-order valence-corrected chi connectivity index (χ2v) is 6.34. The van der Waals surface area contributed by atoms with E-state index in [1.807, 2.05) is 0 Å². The van der Waals surface area contributed by atoms with Crippen LogP contribution in [0.15, 0.2) is 53.5 Å². The van der Waals surface area contributed by atoms with Crippen LogP contribution in [0, 0.1) is 5.82 Å². The van der Waals surface area contributed by atoms with Gasteiger partial charge in [-0.25, -0.2) is 9.18 Å². The topological polar surface area (TPSA) is 103 Å². The number of carbonyl (C=O) groups excluding carboxylic acids is 2. The standard InChI is InChI=1S/C21H16FNO6.Y/c1-29-19(25)9-18(24)13-4-7-17-15(8-13)20(26)16(21(27)28)11-23(17)10-12-2-5-14(22)6-3-12;/h2-8,11H,9-10H2,1H3,(H,27,28);. The Morgan fingerprint density at radius 1 is 1.10 bits per heavy atom. The predicted molar refractivity (Wildman–Crippen MR) is 102 cm³/mol. The van der Waals surface area contributed by atoms with Crippen LogP contribution in [0.2, 0.25) is 0 Å². The van der Waals surface area contributed by atoms with Gasteiger partial charge in [-0.2, -0.15) is 0 Å². The van der Waals surface area contributed by atoms with Gasteiger partial charge in [-0.05, 0) is 35.9 Å². The normalized spacial score (nSPS) is 10.3. The number of hydrogen-bond donors (Lipinski definition) is 1. The molecule has 0 amide bonds. The molecule has 0 atom stereocenters. The van der Waals surface area contributed by atoms with Crippen LogP contribution in [0.25, 0.3) is 10.9 Å². The largest absolute Gasteiger partial charge is 0.477 e. The molecule has 0 aliphatic carbocycles. The van der Waals surface area contributed by atoms with Gasteiger partial charge in [0, 0.05) is 56.4 Å². The molecule has 3 aromatic rings. The molecule has 0 saturated heterocycles. The van der Waals surface area contributed by atoms with E-state index in [9.17, 15) is 28.7 Å². The van der Waals surface area contributed by atoms with Gasteiger partial charge < -0.3 is 14.4 Å². The first-order valence-corrected chi connectivity index (χ1v) is 8.55. The first-order chi connectivity index (χ1) is 13.8. The first kappa shape index (κ1) is 23.6. The number of aromatic nitrogens is 1. The number of benzene rings is 2. The molecule has 30 heavy (non-hydrogen) atoms. The molecule has 0 saturated carbocycles. The van der Waals surface area contributed by atoms with Crippen LogP contribution in [0.5, 0.6) is 0 Å². The number of hydrogen-bond acceptors (Lipinski definition) is 5. The Morgan fingerprint density at radius 3 is 2.37 bits per heavy atom. The molecular weight excluding hydrogens is 470 g/mol. The number of fused-ring (bicyclic) bond motifs is 1. The summed E-state index contributed by atoms with van der Waals surface area (Å²) in [4.78, 5) is 47.7. The fraction of sp³-hybridized carbons (Fsp3) is 0.143. The van der Waals surface area contributed by atoms with Crippen LogP contribution in [0.3, 0.4) is 0 Å². The summed E-state index contributed by atoms with van der Waals surface area (Å²) in [5.74, 6) is -3.08. The average molecular weight is 486 g/mol. The van der Waals surface area contributed by atoms with Gasteiger partial charge >= 0.3 is 11.9 Å². The van der Waals surface area contributed by atoms with Crippen molar-refractivity contribution in [2.24, 2.45) is 0 Å². The third kappa shape index (κ3) is 5.06. The Balaban J connectivity index is 0.00000320. The fourth-order valence-corrected chi connectivity index (χ4v) is 2.95. The van der Waals surface area contributed by atoms with Crippen molar-refractivity contribution in [1.82, 2.24) is 4.57 Å². The number of rotatable bonds is 6. The maximum atomic E-state index is 13.1. The van der Waals surface area contributed by atoms with Crippen LogP contribution < -0.4 is 5.43 Å². The summed E-state index contributed by atoms with van der Waals surface area (Å²) in [5.41, 5.74) is -0.0129. The fourth-order valence-electron chi connectivity index (χ4n) is 2.95. The van der Waals surface area contributed by atoms with Gasteiger partial charge in [0.05, 0.1) is 12.6 Å². The van der Waals surface area contributed by atoms with Crippen LogP contribution in [-0.4, -0.2) is 34.5 Å². The van der Waals surface area contributed by atoms with Gasteiger partial charge in [0.1, 0.15) is 17.8 Å². The molecule has 0 fully saturated rings. The van der Waals surface area contributed by atoms with Gasteiger partial charge in [0.25, 0.3) is 0 Å². The van der Waals surface area contributed by atoms with E-state index in [0.717, 1.165) is 7.11 Å². The third-order valence-corrected chi connectivity index (χ3v) is 4.43. The van der Waals surface area contributed by atoms with E-state index in [1.54, 1.807) is 16.7 Å². The van der Waals surface area contributed by atoms with Crippen molar-refractivity contribution in [3.63, 3.8) is 0 Å². The minimum absolute atomic E-state index is 0. The van der Waals surface area contributed by atoms with Gasteiger partial charge in [0.15, 0.2) is 5.78 Å². The molecule has 0 aliphatic rings. The van der Waals surface area contributed by atoms with E-state index in [0.29, 0.717) is 11.1 Å². The van der Waals surface area contributed by atoms with Crippen molar-refractivity contribution < 1.29 is 61.3 Å². The van der Waals surface area contributed by atoms with Crippen molar-refractivity contribution >= 4 is 28.6 Å². The molecule has 0 unspecified atom stereocenters. The zero-order chi connectivity index (χ0) is 21.1. The Hall–Kier alpha value is -2.71. The number of carboxylic acid groups (broad SMARTS) is 1. The van der Waals surface area contributed by atoms with Crippen molar-refractivity contribution in [2.45, 2.75) is 13.0 Å². The SMILES string of the molecule is COC(=O)CC(=O)c1ccc2c(c1)c(=O)c(C(=O)O)cn2Cc1ccc(F)cc1.[Y]. The molecule has 1 radical (unpaired) electrons. The first-order valence-electron chi connectivity index (χ1n) is 8.55. The minimum atomic E-state index is -1.41. The van der Waals surface area contributed by atoms with Crippen molar-refractivity contribution in [3.05, 3.63) is 81.4 Å². The number of ketones is 1. The number of pyridine rings is 1. The van der Waals surface area contributed by atoms with Crippen molar-refractivity contribution in [1.29, 1.82) is 0 Å². The van der Waals surface area contributed by atoms with Crippen LogP contribution in [0.4, 0.5) is 4.39 Å². The molecule has 1 heterocycles. The number of ether oxygens (including phenoxy) is 1. The summed E-state index contributed by atoms with van der Waals surface area (Å²) in [6, 6.07) is 9.90. The molecule has 2 aromatic carbocycles. The summed E-state index contributed by atoms with van der Waals surface area (Å²) < 4.78 is 19.2. The second kappa shape index (κ2) is 9.87. The molecule has 0 bridgehead atoms. The monoisotopic (exact) mass is 486 g/mol. The van der Waals surface area contributed by atoms with Gasteiger partial charge in [-0.1, -0.05) is 12.1 Å². The molecule has 9 heteroatoms. The van der Waals surface area contributed by atoms with Crippen LogP contribution >= 0.6 is 0 Å². The number of nitrogens with zero attached hydrogens (tertiary/aromatic N) is 1. The number of carbonyl (C=O) groups is 3. The zero-order valence-electron chi connectivity index (χ0n) is 15.9. The summed E-state index contributed by atoms with van der Waals surface area (Å²) in [6.07, 6.45) is 0.719. The Morgan fingerprint density at radius 2 is 1.77 bits per heavy atom. The summed E-state index contributed by atoms with van der Waals surface area (Å²) in [5, 5.41) is 9.42. The molecular formula is C21H16FNO6Y. The summed E-state index contributed by atoms with van der Waals surface area (Å²) in [6.45, 7) is 0.187. The number of esters is 1.